The predicted octanol–water partition coefficient (Wildman–Crippen LogP) is 3.41. The van der Waals surface area contributed by atoms with Crippen LogP contribution in [0, 0.1) is 5.92 Å². The third kappa shape index (κ3) is 5.62. The monoisotopic (exact) mass is 442 g/mol. The van der Waals surface area contributed by atoms with E-state index in [1.165, 1.54) is 37.9 Å². The molecular weight excluding hydrogens is 411 g/mol. The average molecular weight is 442 g/mol. The highest BCUT2D eigenvalue weighted by atomic mass is 127. The molecule has 0 spiro atoms. The third-order valence-corrected chi connectivity index (χ3v) is 4.89. The second-order valence-electron chi connectivity index (χ2n) is 6.88. The van der Waals surface area contributed by atoms with E-state index in [0.717, 1.165) is 31.0 Å². The summed E-state index contributed by atoms with van der Waals surface area (Å²) >= 11 is 0. The lowest BCUT2D eigenvalue weighted by Crippen LogP contribution is -2.39. The van der Waals surface area contributed by atoms with Crippen LogP contribution in [0.1, 0.15) is 44.7 Å². The number of halogens is 1. The largest absolute Gasteiger partial charge is 0.357 e. The van der Waals surface area contributed by atoms with Crippen molar-refractivity contribution < 1.29 is 0 Å². The first kappa shape index (κ1) is 19.5. The van der Waals surface area contributed by atoms with E-state index in [-0.39, 0.29) is 30.0 Å². The van der Waals surface area contributed by atoms with E-state index in [1.54, 1.807) is 0 Å². The topological polar surface area (TPSA) is 39.7 Å². The van der Waals surface area contributed by atoms with Gasteiger partial charge in [-0.15, -0.1) is 24.0 Å². The lowest BCUT2D eigenvalue weighted by Gasteiger charge is -2.19. The van der Waals surface area contributed by atoms with Crippen LogP contribution in [0.2, 0.25) is 0 Å². The van der Waals surface area contributed by atoms with Crippen molar-refractivity contribution in [1.82, 2.24) is 15.5 Å². The summed E-state index contributed by atoms with van der Waals surface area (Å²) < 4.78 is 0. The van der Waals surface area contributed by atoms with Crippen molar-refractivity contribution in [2.75, 3.05) is 26.2 Å². The molecule has 1 saturated heterocycles. The number of likely N-dealkylation sites (tertiary alicyclic amines) is 1. The maximum absolute atomic E-state index is 4.84. The Kier molecular flexibility index (Phi) is 7.81. The highest BCUT2D eigenvalue weighted by Crippen LogP contribution is 2.31. The van der Waals surface area contributed by atoms with Crippen LogP contribution >= 0.6 is 24.0 Å². The molecule has 2 unspecified atom stereocenters. The van der Waals surface area contributed by atoms with Gasteiger partial charge in [0, 0.05) is 25.7 Å². The molecule has 1 saturated carbocycles. The molecule has 0 amide bonds. The van der Waals surface area contributed by atoms with Crippen LogP contribution in [-0.4, -0.2) is 43.1 Å². The second kappa shape index (κ2) is 9.61. The van der Waals surface area contributed by atoms with E-state index < -0.39 is 0 Å². The van der Waals surface area contributed by atoms with Gasteiger partial charge in [0.2, 0.25) is 0 Å². The van der Waals surface area contributed by atoms with Gasteiger partial charge in [-0.3, -0.25) is 4.99 Å². The number of nitrogens with one attached hydrogen (secondary N) is 2. The Balaban J connectivity index is 0.00000208. The molecule has 24 heavy (non-hydrogen) atoms. The van der Waals surface area contributed by atoms with Crippen molar-refractivity contribution in [2.24, 2.45) is 10.9 Å². The molecule has 2 aliphatic rings. The number of aliphatic imine (C=N–C) groups is 1. The zero-order valence-electron chi connectivity index (χ0n) is 14.9. The van der Waals surface area contributed by atoms with E-state index in [0.29, 0.717) is 0 Å². The van der Waals surface area contributed by atoms with Crippen molar-refractivity contribution in [2.45, 2.75) is 45.2 Å². The van der Waals surface area contributed by atoms with Gasteiger partial charge in [0.1, 0.15) is 0 Å². The van der Waals surface area contributed by atoms with Gasteiger partial charge in [-0.25, -0.2) is 0 Å². The van der Waals surface area contributed by atoms with Crippen LogP contribution in [0.3, 0.4) is 0 Å². The van der Waals surface area contributed by atoms with Crippen molar-refractivity contribution in [3.8, 4) is 0 Å². The quantitative estimate of drug-likeness (QED) is 0.403. The summed E-state index contributed by atoms with van der Waals surface area (Å²) in [6.07, 6.45) is 4.12. The van der Waals surface area contributed by atoms with Crippen LogP contribution in [0.4, 0.5) is 0 Å². The average Bonchev–Trinajstić information content (AvgIpc) is 3.32. The van der Waals surface area contributed by atoms with E-state index in [4.69, 9.17) is 4.99 Å². The number of hydrogen-bond acceptors (Lipinski definition) is 2. The van der Waals surface area contributed by atoms with E-state index in [1.807, 2.05) is 0 Å². The van der Waals surface area contributed by atoms with Crippen LogP contribution in [0.15, 0.2) is 35.3 Å². The van der Waals surface area contributed by atoms with Gasteiger partial charge in [0.25, 0.3) is 0 Å². The summed E-state index contributed by atoms with van der Waals surface area (Å²) in [5.41, 5.74) is 1.29. The highest BCUT2D eigenvalue weighted by Gasteiger charge is 2.34. The van der Waals surface area contributed by atoms with Crippen LogP contribution in [0.25, 0.3) is 0 Å². The molecule has 2 fully saturated rings. The Labute approximate surface area is 163 Å². The number of guanidine groups is 1. The molecule has 4 nitrogen and oxygen atoms in total. The van der Waals surface area contributed by atoms with Crippen molar-refractivity contribution in [1.29, 1.82) is 0 Å². The number of benzene rings is 1. The molecule has 0 radical (unpaired) electrons. The molecule has 1 aromatic rings. The minimum absolute atomic E-state index is 0. The molecule has 1 heterocycles. The minimum atomic E-state index is 0. The van der Waals surface area contributed by atoms with Crippen molar-refractivity contribution in [3.05, 3.63) is 35.9 Å². The Bertz CT molecular complexity index is 515. The lowest BCUT2D eigenvalue weighted by molar-refractivity contribution is 0.315. The maximum Gasteiger partial charge on any atom is 0.191 e. The van der Waals surface area contributed by atoms with Gasteiger partial charge in [0.05, 0.1) is 6.04 Å². The predicted molar refractivity (Wildman–Crippen MR) is 112 cm³/mol. The minimum Gasteiger partial charge on any atom is -0.357 e. The van der Waals surface area contributed by atoms with Crippen molar-refractivity contribution >= 4 is 29.9 Å². The molecule has 1 aliphatic carbocycles. The summed E-state index contributed by atoms with van der Waals surface area (Å²) in [5, 5.41) is 6.91. The first-order chi connectivity index (χ1) is 11.3. The number of rotatable bonds is 6. The highest BCUT2D eigenvalue weighted by molar-refractivity contribution is 14.0. The molecule has 2 atom stereocenters. The fourth-order valence-electron chi connectivity index (χ4n) is 3.35. The number of nitrogens with zero attached hydrogens (tertiary/aromatic N) is 2. The SMILES string of the molecule is CCNC(=NCC1CCN(C2CC2)C1)NC(C)c1ccccc1.I. The molecule has 0 bridgehead atoms. The zero-order valence-corrected chi connectivity index (χ0v) is 17.2. The van der Waals surface area contributed by atoms with Gasteiger partial charge < -0.3 is 15.5 Å². The maximum atomic E-state index is 4.84. The summed E-state index contributed by atoms with van der Waals surface area (Å²) in [7, 11) is 0. The molecule has 134 valence electrons. The van der Waals surface area contributed by atoms with Gasteiger partial charge >= 0.3 is 0 Å². The molecule has 1 aliphatic heterocycles. The molecule has 5 heteroatoms. The summed E-state index contributed by atoms with van der Waals surface area (Å²) in [6.45, 7) is 8.64. The normalized spacial score (nSPS) is 22.8. The number of hydrogen-bond donors (Lipinski definition) is 2. The second-order valence-corrected chi connectivity index (χ2v) is 6.88. The molecule has 3 rings (SSSR count). The third-order valence-electron chi connectivity index (χ3n) is 4.89. The molecule has 2 N–H and O–H groups in total. The van der Waals surface area contributed by atoms with E-state index in [2.05, 4.69) is 59.7 Å². The fraction of sp³-hybridized carbons (Fsp3) is 0.632. The van der Waals surface area contributed by atoms with Gasteiger partial charge in [-0.05, 0) is 51.1 Å². The molecule has 0 aromatic heterocycles. The first-order valence-corrected chi connectivity index (χ1v) is 9.10. The van der Waals surface area contributed by atoms with Crippen LogP contribution in [-0.2, 0) is 0 Å². The Morgan fingerprint density at radius 1 is 1.25 bits per heavy atom. The standard InChI is InChI=1S/C19H30N4.HI/c1-3-20-19(22-15(2)17-7-5-4-6-8-17)21-13-16-11-12-23(14-16)18-9-10-18;/h4-8,15-16,18H,3,9-14H2,1-2H3,(H2,20,21,22);1H. The fourth-order valence-corrected chi connectivity index (χ4v) is 3.35. The smallest absolute Gasteiger partial charge is 0.191 e. The molecule has 1 aromatic carbocycles. The summed E-state index contributed by atoms with van der Waals surface area (Å²) in [6, 6.07) is 11.7. The summed E-state index contributed by atoms with van der Waals surface area (Å²) in [5.74, 6) is 1.66. The van der Waals surface area contributed by atoms with Gasteiger partial charge in [0.15, 0.2) is 5.96 Å². The van der Waals surface area contributed by atoms with Crippen LogP contribution < -0.4 is 10.6 Å². The lowest BCUT2D eigenvalue weighted by atomic mass is 10.1. The van der Waals surface area contributed by atoms with Crippen molar-refractivity contribution in [3.63, 3.8) is 0 Å². The Hall–Kier alpha value is -0.820. The summed E-state index contributed by atoms with van der Waals surface area (Å²) in [4.78, 5) is 7.50. The van der Waals surface area contributed by atoms with Gasteiger partial charge in [-0.1, -0.05) is 30.3 Å². The first-order valence-electron chi connectivity index (χ1n) is 9.10. The van der Waals surface area contributed by atoms with E-state index in [9.17, 15) is 0 Å². The van der Waals surface area contributed by atoms with Crippen LogP contribution in [0.5, 0.6) is 0 Å². The van der Waals surface area contributed by atoms with E-state index >= 15 is 0 Å². The Morgan fingerprint density at radius 3 is 2.67 bits per heavy atom. The zero-order chi connectivity index (χ0) is 16.1. The molecular formula is C19H31IN4. The Morgan fingerprint density at radius 2 is 2.00 bits per heavy atom. The van der Waals surface area contributed by atoms with Gasteiger partial charge in [-0.2, -0.15) is 0 Å².